The van der Waals surface area contributed by atoms with Gasteiger partial charge in [-0.1, -0.05) is 22.8 Å². The molecule has 0 radical (unpaired) electrons. The van der Waals surface area contributed by atoms with E-state index in [4.69, 9.17) is 16.1 Å². The first-order valence-electron chi connectivity index (χ1n) is 7.33. The summed E-state index contributed by atoms with van der Waals surface area (Å²) < 4.78 is 47.3. The van der Waals surface area contributed by atoms with Gasteiger partial charge >= 0.3 is 5.92 Å². The average Bonchev–Trinajstić information content (AvgIpc) is 3.01. The summed E-state index contributed by atoms with van der Waals surface area (Å²) in [6.07, 6.45) is 0.574. The van der Waals surface area contributed by atoms with E-state index in [1.54, 1.807) is 0 Å². The van der Waals surface area contributed by atoms with Crippen molar-refractivity contribution in [3.63, 3.8) is 0 Å². The van der Waals surface area contributed by atoms with Crippen LogP contribution < -0.4 is 5.32 Å². The van der Waals surface area contributed by atoms with Gasteiger partial charge in [0, 0.05) is 22.9 Å². The molecule has 1 aliphatic heterocycles. The van der Waals surface area contributed by atoms with Crippen molar-refractivity contribution in [2.45, 2.75) is 25.2 Å². The Morgan fingerprint density at radius 1 is 1.30 bits per heavy atom. The second-order valence-corrected chi connectivity index (χ2v) is 5.95. The third-order valence-electron chi connectivity index (χ3n) is 4.00. The number of hydrogen-bond acceptors (Lipinski definition) is 4. The number of aromatic nitrogens is 2. The molecule has 124 valence electrons. The Kier molecular flexibility index (Phi) is 4.59. The van der Waals surface area contributed by atoms with Crippen molar-refractivity contribution in [1.82, 2.24) is 15.5 Å². The first kappa shape index (κ1) is 16.3. The maximum absolute atomic E-state index is 14.4. The minimum atomic E-state index is -3.19. The Labute approximate surface area is 136 Å². The van der Waals surface area contributed by atoms with E-state index in [9.17, 15) is 13.2 Å². The lowest BCUT2D eigenvalue weighted by atomic mass is 9.91. The van der Waals surface area contributed by atoms with Crippen LogP contribution in [0.4, 0.5) is 13.2 Å². The molecule has 3 rings (SSSR count). The maximum atomic E-state index is 14.4. The number of nitrogens with one attached hydrogen (secondary N) is 1. The zero-order valence-electron chi connectivity index (χ0n) is 12.2. The molecule has 23 heavy (non-hydrogen) atoms. The molecule has 1 aromatic carbocycles. The highest BCUT2D eigenvalue weighted by atomic mass is 35.5. The van der Waals surface area contributed by atoms with Gasteiger partial charge < -0.3 is 9.84 Å². The molecule has 1 aliphatic rings. The number of piperidine rings is 1. The molecule has 2 aromatic rings. The van der Waals surface area contributed by atoms with E-state index >= 15 is 0 Å². The number of hydrogen-bond donors (Lipinski definition) is 1. The van der Waals surface area contributed by atoms with Crippen molar-refractivity contribution < 1.29 is 17.7 Å². The lowest BCUT2D eigenvalue weighted by molar-refractivity contribution is -0.0993. The number of nitrogens with zero attached hydrogens (tertiary/aromatic N) is 2. The van der Waals surface area contributed by atoms with E-state index in [1.807, 2.05) is 0 Å². The van der Waals surface area contributed by atoms with Crippen molar-refractivity contribution in [2.75, 3.05) is 13.1 Å². The van der Waals surface area contributed by atoms with E-state index in [1.165, 1.54) is 18.2 Å². The predicted molar refractivity (Wildman–Crippen MR) is 78.0 cm³/mol. The molecule has 8 heteroatoms. The van der Waals surface area contributed by atoms with Crippen LogP contribution in [0.1, 0.15) is 30.1 Å². The summed E-state index contributed by atoms with van der Waals surface area (Å²) in [5.41, 5.74) is 0.159. The quantitative estimate of drug-likeness (QED) is 0.920. The van der Waals surface area contributed by atoms with Gasteiger partial charge in [0.25, 0.3) is 5.89 Å². The van der Waals surface area contributed by atoms with Crippen LogP contribution in [0, 0.1) is 11.7 Å². The van der Waals surface area contributed by atoms with Crippen LogP contribution in [-0.2, 0) is 12.3 Å². The molecule has 0 amide bonds. The fourth-order valence-corrected chi connectivity index (χ4v) is 2.91. The summed E-state index contributed by atoms with van der Waals surface area (Å²) in [6, 6.07) is 4.23. The van der Waals surface area contributed by atoms with Gasteiger partial charge in [0.2, 0.25) is 0 Å². The van der Waals surface area contributed by atoms with Gasteiger partial charge in [-0.3, -0.25) is 0 Å². The fourth-order valence-electron chi connectivity index (χ4n) is 2.68. The topological polar surface area (TPSA) is 51.0 Å². The molecule has 2 heterocycles. The van der Waals surface area contributed by atoms with Gasteiger partial charge in [-0.25, -0.2) is 4.39 Å². The molecular weight excluding hydrogens is 331 g/mol. The molecule has 0 aliphatic carbocycles. The van der Waals surface area contributed by atoms with Crippen LogP contribution >= 0.6 is 11.6 Å². The van der Waals surface area contributed by atoms with Gasteiger partial charge in [0.1, 0.15) is 5.82 Å². The summed E-state index contributed by atoms with van der Waals surface area (Å²) in [5, 5.41) is 6.78. The molecular formula is C15H15ClF3N3O. The minimum Gasteiger partial charge on any atom is -0.333 e. The molecule has 0 saturated carbocycles. The molecule has 1 N–H and O–H groups in total. The summed E-state index contributed by atoms with van der Waals surface area (Å²) >= 11 is 5.92. The third kappa shape index (κ3) is 3.35. The lowest BCUT2D eigenvalue weighted by Gasteiger charge is -2.27. The number of halogens is 4. The van der Waals surface area contributed by atoms with Gasteiger partial charge in [-0.2, -0.15) is 13.8 Å². The van der Waals surface area contributed by atoms with Gasteiger partial charge in [0.05, 0.1) is 0 Å². The van der Waals surface area contributed by atoms with Crippen molar-refractivity contribution in [3.05, 3.63) is 46.3 Å². The molecule has 0 bridgehead atoms. The zero-order valence-corrected chi connectivity index (χ0v) is 12.9. The van der Waals surface area contributed by atoms with E-state index in [2.05, 4.69) is 15.5 Å². The molecule has 4 nitrogen and oxygen atoms in total. The Bertz CT molecular complexity index is 666. The van der Waals surface area contributed by atoms with E-state index in [0.29, 0.717) is 25.9 Å². The second-order valence-electron chi connectivity index (χ2n) is 5.54. The molecule has 1 aromatic heterocycles. The first-order chi connectivity index (χ1) is 11.0. The first-order valence-corrected chi connectivity index (χ1v) is 7.70. The zero-order chi connectivity index (χ0) is 16.4. The van der Waals surface area contributed by atoms with E-state index in [-0.39, 0.29) is 22.8 Å². The molecule has 0 atom stereocenters. The van der Waals surface area contributed by atoms with E-state index in [0.717, 1.165) is 0 Å². The summed E-state index contributed by atoms with van der Waals surface area (Å²) in [7, 11) is 0. The van der Waals surface area contributed by atoms with E-state index < -0.39 is 23.5 Å². The van der Waals surface area contributed by atoms with Crippen LogP contribution in [0.2, 0.25) is 5.02 Å². The van der Waals surface area contributed by atoms with Crippen LogP contribution in [0.15, 0.2) is 22.7 Å². The van der Waals surface area contributed by atoms with Crippen LogP contribution in [-0.4, -0.2) is 23.2 Å². The predicted octanol–water partition coefficient (Wildman–Crippen LogP) is 3.54. The average molecular weight is 346 g/mol. The lowest BCUT2D eigenvalue weighted by Crippen LogP contribution is -2.36. The van der Waals surface area contributed by atoms with Crippen LogP contribution in [0.3, 0.4) is 0 Å². The molecule has 1 fully saturated rings. The Morgan fingerprint density at radius 2 is 2.04 bits per heavy atom. The Hall–Kier alpha value is -1.60. The smallest absolute Gasteiger partial charge is 0.327 e. The third-order valence-corrected chi connectivity index (χ3v) is 4.36. The maximum Gasteiger partial charge on any atom is 0.327 e. The summed E-state index contributed by atoms with van der Waals surface area (Å²) in [4.78, 5) is 3.76. The highest BCUT2D eigenvalue weighted by Crippen LogP contribution is 2.39. The standard InChI is InChI=1S/C15H15ClF3N3O/c16-11-2-1-3-12(17)10(11)8-13-21-14(23-22-13)15(18,19)9-4-6-20-7-5-9/h1-3,9,20H,4-8H2. The minimum absolute atomic E-state index is 0.0133. The van der Waals surface area contributed by atoms with Gasteiger partial charge in [0.15, 0.2) is 5.82 Å². The highest BCUT2D eigenvalue weighted by Gasteiger charge is 2.46. The normalized spacial score (nSPS) is 16.7. The second kappa shape index (κ2) is 6.49. The summed E-state index contributed by atoms with van der Waals surface area (Å²) in [6.45, 7) is 1.07. The molecule has 1 saturated heterocycles. The van der Waals surface area contributed by atoms with Gasteiger partial charge in [-0.05, 0) is 38.1 Å². The Morgan fingerprint density at radius 3 is 2.74 bits per heavy atom. The van der Waals surface area contributed by atoms with Crippen LogP contribution in [0.5, 0.6) is 0 Å². The van der Waals surface area contributed by atoms with Crippen molar-refractivity contribution >= 4 is 11.6 Å². The number of benzene rings is 1. The largest absolute Gasteiger partial charge is 0.333 e. The SMILES string of the molecule is Fc1cccc(Cl)c1Cc1noc(C(F)(F)C2CCNCC2)n1. The molecule has 0 spiro atoms. The van der Waals surface area contributed by atoms with Crippen LogP contribution in [0.25, 0.3) is 0 Å². The van der Waals surface area contributed by atoms with Crippen molar-refractivity contribution in [3.8, 4) is 0 Å². The van der Waals surface area contributed by atoms with Crippen molar-refractivity contribution in [2.24, 2.45) is 5.92 Å². The number of alkyl halides is 2. The summed E-state index contributed by atoms with van der Waals surface area (Å²) in [5.74, 6) is -5.29. The highest BCUT2D eigenvalue weighted by molar-refractivity contribution is 6.31. The Balaban J connectivity index is 1.80. The van der Waals surface area contributed by atoms with Crippen molar-refractivity contribution in [1.29, 1.82) is 0 Å². The monoisotopic (exact) mass is 345 g/mol. The van der Waals surface area contributed by atoms with Gasteiger partial charge in [-0.15, -0.1) is 0 Å². The number of rotatable bonds is 4. The fraction of sp³-hybridized carbons (Fsp3) is 0.467. The molecule has 0 unspecified atom stereocenters.